The van der Waals surface area contributed by atoms with Gasteiger partial charge in [0, 0.05) is 36.7 Å². The van der Waals surface area contributed by atoms with Crippen molar-refractivity contribution in [1.29, 1.82) is 0 Å². The highest BCUT2D eigenvalue weighted by molar-refractivity contribution is 5.89. The van der Waals surface area contributed by atoms with Crippen molar-refractivity contribution in [2.75, 3.05) is 13.1 Å². The lowest BCUT2D eigenvalue weighted by Crippen LogP contribution is -2.34. The number of carbonyl (C=O) groups is 1. The zero-order valence-electron chi connectivity index (χ0n) is 16.8. The van der Waals surface area contributed by atoms with Crippen LogP contribution in [0.3, 0.4) is 0 Å². The summed E-state index contributed by atoms with van der Waals surface area (Å²) in [5.41, 5.74) is 1.91. The van der Waals surface area contributed by atoms with Crippen LogP contribution in [0.2, 0.25) is 0 Å². The van der Waals surface area contributed by atoms with E-state index in [-0.39, 0.29) is 11.7 Å². The Bertz CT molecular complexity index is 1010. The summed E-state index contributed by atoms with van der Waals surface area (Å²) in [5.74, 6) is -0.221. The highest BCUT2D eigenvalue weighted by Crippen LogP contribution is 2.33. The lowest BCUT2D eigenvalue weighted by Gasteiger charge is -2.27. The number of hydrogen-bond donors (Lipinski definition) is 1. The maximum absolute atomic E-state index is 13.2. The molecular formula is C24H27FN2O2. The number of benzene rings is 2. The van der Waals surface area contributed by atoms with Crippen molar-refractivity contribution in [3.8, 4) is 0 Å². The fourth-order valence-corrected chi connectivity index (χ4v) is 4.42. The lowest BCUT2D eigenvalue weighted by molar-refractivity contribution is -0.130. The Balaban J connectivity index is 1.49. The monoisotopic (exact) mass is 394 g/mol. The van der Waals surface area contributed by atoms with Crippen LogP contribution >= 0.6 is 0 Å². The Kier molecular flexibility index (Phi) is 5.41. The average molecular weight is 394 g/mol. The van der Waals surface area contributed by atoms with E-state index in [2.05, 4.69) is 29.8 Å². The van der Waals surface area contributed by atoms with Gasteiger partial charge in [0.1, 0.15) is 5.82 Å². The Labute approximate surface area is 170 Å². The van der Waals surface area contributed by atoms with Gasteiger partial charge in [-0.1, -0.05) is 30.3 Å². The second kappa shape index (κ2) is 7.99. The van der Waals surface area contributed by atoms with E-state index in [4.69, 9.17) is 0 Å². The SMILES string of the molecule is CCn1cc(CC(=O)N2CCC[C@@](O)(c3ccc(F)cc3)CC2)c2ccccc21. The lowest BCUT2D eigenvalue weighted by atomic mass is 9.87. The van der Waals surface area contributed by atoms with Crippen molar-refractivity contribution in [2.45, 2.75) is 44.8 Å². The fourth-order valence-electron chi connectivity index (χ4n) is 4.42. The van der Waals surface area contributed by atoms with Crippen molar-refractivity contribution >= 4 is 16.8 Å². The second-order valence-electron chi connectivity index (χ2n) is 7.91. The molecule has 4 nitrogen and oxygen atoms in total. The molecule has 1 N–H and O–H groups in total. The topological polar surface area (TPSA) is 45.5 Å². The van der Waals surface area contributed by atoms with E-state index in [1.807, 2.05) is 17.0 Å². The summed E-state index contributed by atoms with van der Waals surface area (Å²) in [6.07, 6.45) is 4.19. The summed E-state index contributed by atoms with van der Waals surface area (Å²) in [7, 11) is 0. The highest BCUT2D eigenvalue weighted by Gasteiger charge is 2.33. The highest BCUT2D eigenvalue weighted by atomic mass is 19.1. The maximum atomic E-state index is 13.2. The van der Waals surface area contributed by atoms with Crippen LogP contribution in [0.1, 0.15) is 37.3 Å². The molecular weight excluding hydrogens is 367 g/mol. The number of aliphatic hydroxyl groups is 1. The van der Waals surface area contributed by atoms with Crippen LogP contribution in [0.15, 0.2) is 54.7 Å². The van der Waals surface area contributed by atoms with Gasteiger partial charge in [-0.05, 0) is 55.5 Å². The molecule has 0 spiro atoms. The van der Waals surface area contributed by atoms with E-state index >= 15 is 0 Å². The molecule has 0 aliphatic carbocycles. The van der Waals surface area contributed by atoms with Crippen molar-refractivity contribution in [3.63, 3.8) is 0 Å². The molecule has 4 rings (SSSR count). The van der Waals surface area contributed by atoms with Crippen molar-refractivity contribution in [3.05, 3.63) is 71.7 Å². The average Bonchev–Trinajstić information content (AvgIpc) is 2.95. The third-order valence-electron chi connectivity index (χ3n) is 6.10. The minimum Gasteiger partial charge on any atom is -0.385 e. The molecule has 0 bridgehead atoms. The summed E-state index contributed by atoms with van der Waals surface area (Å²) in [5, 5.41) is 12.2. The smallest absolute Gasteiger partial charge is 0.227 e. The van der Waals surface area contributed by atoms with Crippen molar-refractivity contribution in [2.24, 2.45) is 0 Å². The molecule has 1 saturated heterocycles. The minimum absolute atomic E-state index is 0.0902. The number of carbonyl (C=O) groups excluding carboxylic acids is 1. The fraction of sp³-hybridized carbons (Fsp3) is 0.375. The van der Waals surface area contributed by atoms with E-state index < -0.39 is 5.60 Å². The van der Waals surface area contributed by atoms with Gasteiger partial charge < -0.3 is 14.6 Å². The van der Waals surface area contributed by atoms with E-state index in [1.54, 1.807) is 12.1 Å². The number of hydrogen-bond acceptors (Lipinski definition) is 2. The molecule has 1 amide bonds. The predicted octanol–water partition coefficient (Wildman–Crippen LogP) is 4.24. The molecule has 2 heterocycles. The van der Waals surface area contributed by atoms with Gasteiger partial charge in [-0.25, -0.2) is 4.39 Å². The minimum atomic E-state index is -1.01. The number of para-hydroxylation sites is 1. The summed E-state index contributed by atoms with van der Waals surface area (Å²) in [6, 6.07) is 14.2. The number of aryl methyl sites for hydroxylation is 1. The summed E-state index contributed by atoms with van der Waals surface area (Å²) in [6.45, 7) is 4.10. The third kappa shape index (κ3) is 3.92. The molecule has 1 aliphatic rings. The van der Waals surface area contributed by atoms with E-state index in [1.165, 1.54) is 12.1 Å². The first-order valence-corrected chi connectivity index (χ1v) is 10.3. The van der Waals surface area contributed by atoms with Gasteiger partial charge in [0.05, 0.1) is 12.0 Å². The number of rotatable bonds is 4. The van der Waals surface area contributed by atoms with E-state index in [0.717, 1.165) is 35.0 Å². The standard InChI is InChI=1S/C24H27FN2O2/c1-2-26-17-18(21-6-3-4-7-22(21)26)16-23(28)27-14-5-12-24(29,13-15-27)19-8-10-20(25)11-9-19/h3-4,6-11,17,29H,2,5,12-16H2,1H3/t24-/m0/s1. The van der Waals surface area contributed by atoms with Gasteiger partial charge >= 0.3 is 0 Å². The number of amides is 1. The first-order valence-electron chi connectivity index (χ1n) is 10.3. The number of fused-ring (bicyclic) bond motifs is 1. The molecule has 29 heavy (non-hydrogen) atoms. The number of nitrogens with zero attached hydrogens (tertiary/aromatic N) is 2. The van der Waals surface area contributed by atoms with Gasteiger partial charge in [-0.2, -0.15) is 0 Å². The largest absolute Gasteiger partial charge is 0.385 e. The quantitative estimate of drug-likeness (QED) is 0.719. The molecule has 0 unspecified atom stereocenters. The zero-order valence-corrected chi connectivity index (χ0v) is 16.8. The summed E-state index contributed by atoms with van der Waals surface area (Å²) >= 11 is 0. The van der Waals surface area contributed by atoms with Crippen LogP contribution in [-0.2, 0) is 23.4 Å². The molecule has 5 heteroatoms. The van der Waals surface area contributed by atoms with Crippen LogP contribution in [0.25, 0.3) is 10.9 Å². The molecule has 1 aromatic heterocycles. The van der Waals surface area contributed by atoms with E-state index in [0.29, 0.717) is 32.4 Å². The van der Waals surface area contributed by atoms with Crippen LogP contribution in [0, 0.1) is 5.82 Å². The molecule has 0 saturated carbocycles. The van der Waals surface area contributed by atoms with Crippen LogP contribution < -0.4 is 0 Å². The summed E-state index contributed by atoms with van der Waals surface area (Å²) in [4.78, 5) is 14.9. The van der Waals surface area contributed by atoms with Gasteiger partial charge in [0.15, 0.2) is 0 Å². The van der Waals surface area contributed by atoms with Crippen LogP contribution in [0.5, 0.6) is 0 Å². The molecule has 1 fully saturated rings. The first kappa shape index (κ1) is 19.6. The summed E-state index contributed by atoms with van der Waals surface area (Å²) < 4.78 is 15.4. The Morgan fingerprint density at radius 2 is 1.86 bits per heavy atom. The molecule has 152 valence electrons. The molecule has 1 aliphatic heterocycles. The second-order valence-corrected chi connectivity index (χ2v) is 7.91. The zero-order chi connectivity index (χ0) is 20.4. The van der Waals surface area contributed by atoms with E-state index in [9.17, 15) is 14.3 Å². The number of halogens is 1. The van der Waals surface area contributed by atoms with Crippen molar-refractivity contribution < 1.29 is 14.3 Å². The maximum Gasteiger partial charge on any atom is 0.227 e. The molecule has 1 atom stereocenters. The molecule has 0 radical (unpaired) electrons. The molecule has 2 aromatic carbocycles. The Hall–Kier alpha value is -2.66. The molecule has 3 aromatic rings. The van der Waals surface area contributed by atoms with Crippen molar-refractivity contribution in [1.82, 2.24) is 9.47 Å². The predicted molar refractivity (Wildman–Crippen MR) is 112 cm³/mol. The van der Waals surface area contributed by atoms with Crippen LogP contribution in [0.4, 0.5) is 4.39 Å². The normalized spacial score (nSPS) is 20.0. The van der Waals surface area contributed by atoms with Gasteiger partial charge in [-0.3, -0.25) is 4.79 Å². The Morgan fingerprint density at radius 1 is 1.10 bits per heavy atom. The third-order valence-corrected chi connectivity index (χ3v) is 6.10. The number of aromatic nitrogens is 1. The van der Waals surface area contributed by atoms with Gasteiger partial charge in [-0.15, -0.1) is 0 Å². The van der Waals surface area contributed by atoms with Gasteiger partial charge in [0.2, 0.25) is 5.91 Å². The van der Waals surface area contributed by atoms with Crippen LogP contribution in [-0.4, -0.2) is 33.6 Å². The Morgan fingerprint density at radius 3 is 2.62 bits per heavy atom. The first-order chi connectivity index (χ1) is 14.0. The van der Waals surface area contributed by atoms with Gasteiger partial charge in [0.25, 0.3) is 0 Å². The number of likely N-dealkylation sites (tertiary alicyclic amines) is 1.